The maximum absolute atomic E-state index is 15.3. The van der Waals surface area contributed by atoms with Crippen LogP contribution in [0.3, 0.4) is 0 Å². The van der Waals surface area contributed by atoms with Crippen LogP contribution in [0.4, 0.5) is 13.2 Å². The summed E-state index contributed by atoms with van der Waals surface area (Å²) in [6.45, 7) is 0. The van der Waals surface area contributed by atoms with Gasteiger partial charge in [-0.2, -0.15) is 13.2 Å². The average molecular weight is 464 g/mol. The highest BCUT2D eigenvalue weighted by atomic mass is 19.4. The van der Waals surface area contributed by atoms with Crippen LogP contribution >= 0.6 is 0 Å². The largest absolute Gasteiger partial charge is 0.406 e. The van der Waals surface area contributed by atoms with Crippen LogP contribution in [0.2, 0.25) is 0 Å². The first-order valence-corrected chi connectivity index (χ1v) is 10.1. The number of esters is 4. The molecule has 0 amide bonds. The zero-order valence-corrected chi connectivity index (χ0v) is 17.0. The first kappa shape index (κ1) is 20.3. The predicted octanol–water partition coefficient (Wildman–Crippen LogP) is 4.11. The highest BCUT2D eigenvalue weighted by Gasteiger charge is 2.62. The number of carbonyl (C=O) groups is 4. The van der Waals surface area contributed by atoms with E-state index < -0.39 is 35.5 Å². The fourth-order valence-corrected chi connectivity index (χ4v) is 5.16. The van der Waals surface area contributed by atoms with Crippen LogP contribution in [-0.2, 0) is 21.3 Å². The van der Waals surface area contributed by atoms with Gasteiger partial charge in [0.25, 0.3) is 0 Å². The van der Waals surface area contributed by atoms with E-state index in [-0.39, 0.29) is 56.5 Å². The maximum Gasteiger partial charge on any atom is 0.406 e. The Hall–Kier alpha value is -4.27. The van der Waals surface area contributed by atoms with Crippen LogP contribution < -0.4 is 0 Å². The number of hydrogen-bond donors (Lipinski definition) is 0. The van der Waals surface area contributed by atoms with Crippen molar-refractivity contribution < 1.29 is 41.8 Å². The van der Waals surface area contributed by atoms with Crippen molar-refractivity contribution in [3.05, 3.63) is 105 Å². The summed E-state index contributed by atoms with van der Waals surface area (Å²) in [4.78, 5) is 48.6. The Morgan fingerprint density at radius 1 is 0.647 bits per heavy atom. The lowest BCUT2D eigenvalue weighted by Crippen LogP contribution is -2.48. The van der Waals surface area contributed by atoms with Crippen LogP contribution in [0.1, 0.15) is 69.2 Å². The molecule has 0 N–H and O–H groups in total. The molecule has 3 aliphatic rings. The van der Waals surface area contributed by atoms with Gasteiger partial charge in [-0.3, -0.25) is 0 Å². The van der Waals surface area contributed by atoms with Gasteiger partial charge in [0.15, 0.2) is 0 Å². The van der Waals surface area contributed by atoms with E-state index in [1.54, 1.807) is 6.07 Å². The topological polar surface area (TPSA) is 86.7 Å². The second-order valence-corrected chi connectivity index (χ2v) is 8.25. The summed E-state index contributed by atoms with van der Waals surface area (Å²) in [6.07, 6.45) is -5.02. The number of ether oxygens (including phenoxy) is 2. The van der Waals surface area contributed by atoms with Crippen molar-refractivity contribution in [2.75, 3.05) is 0 Å². The molecule has 0 bridgehead atoms. The molecule has 2 heterocycles. The van der Waals surface area contributed by atoms with Crippen molar-refractivity contribution in [2.24, 2.45) is 0 Å². The smallest absolute Gasteiger partial charge is 0.386 e. The SMILES string of the molecule is O=C1OC(=O)c2cc3c(cc21)Cc1cc2c(cc1C3(c1ccccc1)C(F)(F)F)C(=O)OC2=O. The molecule has 34 heavy (non-hydrogen) atoms. The molecule has 0 unspecified atom stereocenters. The van der Waals surface area contributed by atoms with Crippen molar-refractivity contribution in [3.8, 4) is 0 Å². The van der Waals surface area contributed by atoms with Gasteiger partial charge in [0.1, 0.15) is 5.41 Å². The Labute approximate surface area is 188 Å². The number of halogens is 3. The molecule has 0 radical (unpaired) electrons. The molecule has 6 rings (SSSR count). The van der Waals surface area contributed by atoms with E-state index in [1.807, 2.05) is 0 Å². The third-order valence-corrected chi connectivity index (χ3v) is 6.56. The molecule has 2 aliphatic heterocycles. The minimum atomic E-state index is -4.94. The molecular weight excluding hydrogens is 453 g/mol. The minimum absolute atomic E-state index is 0.0706. The summed E-state index contributed by atoms with van der Waals surface area (Å²) < 4.78 is 55.2. The quantitative estimate of drug-likeness (QED) is 0.398. The molecule has 6 nitrogen and oxygen atoms in total. The molecule has 168 valence electrons. The Bertz CT molecular complexity index is 1400. The Kier molecular flexibility index (Phi) is 3.83. The lowest BCUT2D eigenvalue weighted by molar-refractivity contribution is -0.167. The van der Waals surface area contributed by atoms with E-state index in [4.69, 9.17) is 0 Å². The normalized spacial score (nSPS) is 17.5. The minimum Gasteiger partial charge on any atom is -0.386 e. The van der Waals surface area contributed by atoms with Crippen molar-refractivity contribution in [1.29, 1.82) is 0 Å². The fourth-order valence-electron chi connectivity index (χ4n) is 5.16. The highest BCUT2D eigenvalue weighted by Crippen LogP contribution is 2.56. The van der Waals surface area contributed by atoms with Gasteiger partial charge in [0, 0.05) is 0 Å². The lowest BCUT2D eigenvalue weighted by Gasteiger charge is -2.43. The second-order valence-electron chi connectivity index (χ2n) is 8.25. The fraction of sp³-hybridized carbons (Fsp3) is 0.120. The van der Waals surface area contributed by atoms with Crippen molar-refractivity contribution in [1.82, 2.24) is 0 Å². The Morgan fingerprint density at radius 3 is 1.47 bits per heavy atom. The number of hydrogen-bond acceptors (Lipinski definition) is 6. The maximum atomic E-state index is 15.3. The molecule has 1 aliphatic carbocycles. The zero-order valence-electron chi connectivity index (χ0n) is 17.0. The average Bonchev–Trinajstić information content (AvgIpc) is 3.22. The van der Waals surface area contributed by atoms with Gasteiger partial charge < -0.3 is 9.47 Å². The predicted molar refractivity (Wildman–Crippen MR) is 108 cm³/mol. The Morgan fingerprint density at radius 2 is 1.06 bits per heavy atom. The lowest BCUT2D eigenvalue weighted by atomic mass is 9.61. The molecule has 0 saturated carbocycles. The van der Waals surface area contributed by atoms with Gasteiger partial charge in [-0.25, -0.2) is 19.2 Å². The standard InChI is InChI=1S/C25H11F3O6/c26-25(27,28)24(13-4-2-1-3-5-13)18-9-16-14(20(29)33-22(16)31)7-11(18)6-12-8-15-17(10-19(12)24)23(32)34-21(15)30/h1-5,7-10H,6H2. The van der Waals surface area contributed by atoms with Crippen LogP contribution in [0.5, 0.6) is 0 Å². The molecule has 9 heteroatoms. The van der Waals surface area contributed by atoms with Crippen molar-refractivity contribution in [3.63, 3.8) is 0 Å². The molecule has 3 aromatic rings. The van der Waals surface area contributed by atoms with Crippen molar-refractivity contribution >= 4 is 23.9 Å². The van der Waals surface area contributed by atoms with Gasteiger partial charge in [0.05, 0.1) is 22.3 Å². The van der Waals surface area contributed by atoms with E-state index in [0.717, 1.165) is 12.1 Å². The zero-order chi connectivity index (χ0) is 24.0. The van der Waals surface area contributed by atoms with Gasteiger partial charge in [-0.15, -0.1) is 0 Å². The van der Waals surface area contributed by atoms with E-state index in [2.05, 4.69) is 9.47 Å². The summed E-state index contributed by atoms with van der Waals surface area (Å²) in [7, 11) is 0. The second kappa shape index (κ2) is 6.40. The third kappa shape index (κ3) is 2.41. The molecule has 0 atom stereocenters. The summed E-state index contributed by atoms with van der Waals surface area (Å²) in [6, 6.07) is 11.7. The number of rotatable bonds is 1. The summed E-state index contributed by atoms with van der Waals surface area (Å²) in [5, 5.41) is 0. The van der Waals surface area contributed by atoms with Gasteiger partial charge >= 0.3 is 30.1 Å². The van der Waals surface area contributed by atoms with E-state index in [9.17, 15) is 19.2 Å². The van der Waals surface area contributed by atoms with Crippen LogP contribution in [0.25, 0.3) is 0 Å². The Balaban J connectivity index is 1.78. The number of carbonyl (C=O) groups excluding carboxylic acids is 4. The van der Waals surface area contributed by atoms with E-state index >= 15 is 13.2 Å². The van der Waals surface area contributed by atoms with Gasteiger partial charge in [-0.1, -0.05) is 30.3 Å². The molecule has 0 fully saturated rings. The van der Waals surface area contributed by atoms with Crippen LogP contribution in [-0.4, -0.2) is 30.1 Å². The molecule has 0 saturated heterocycles. The van der Waals surface area contributed by atoms with Gasteiger partial charge in [-0.05, 0) is 58.5 Å². The molecular formula is C25H11F3O6. The summed E-state index contributed by atoms with van der Waals surface area (Å²) in [5.74, 6) is -3.93. The molecule has 0 aromatic heterocycles. The number of fused-ring (bicyclic) bond motifs is 4. The molecule has 3 aromatic carbocycles. The summed E-state index contributed by atoms with van der Waals surface area (Å²) >= 11 is 0. The first-order valence-electron chi connectivity index (χ1n) is 10.1. The number of benzene rings is 3. The number of cyclic esters (lactones) is 4. The van der Waals surface area contributed by atoms with Gasteiger partial charge in [0.2, 0.25) is 0 Å². The summed E-state index contributed by atoms with van der Waals surface area (Å²) in [5.41, 5.74) is -3.89. The van der Waals surface area contributed by atoms with E-state index in [0.29, 0.717) is 0 Å². The van der Waals surface area contributed by atoms with Crippen molar-refractivity contribution in [2.45, 2.75) is 18.0 Å². The highest BCUT2D eigenvalue weighted by molar-refractivity contribution is 6.16. The van der Waals surface area contributed by atoms with Crippen LogP contribution in [0, 0.1) is 0 Å². The van der Waals surface area contributed by atoms with E-state index in [1.165, 1.54) is 36.4 Å². The first-order chi connectivity index (χ1) is 16.1. The monoisotopic (exact) mass is 464 g/mol. The third-order valence-electron chi connectivity index (χ3n) is 6.56. The number of alkyl halides is 3. The van der Waals surface area contributed by atoms with Crippen LogP contribution in [0.15, 0.2) is 54.6 Å². The molecule has 0 spiro atoms.